The van der Waals surface area contributed by atoms with E-state index >= 15 is 0 Å². The zero-order valence-corrected chi connectivity index (χ0v) is 30.7. The average molecular weight is 705 g/mol. The number of hydrogen-bond donors (Lipinski definition) is 1. The number of aliphatic carboxylic acids is 1. The molecule has 0 aliphatic heterocycles. The Balaban J connectivity index is 1.74. The van der Waals surface area contributed by atoms with Crippen molar-refractivity contribution in [2.24, 2.45) is 5.41 Å². The number of rotatable bonds is 35. The van der Waals surface area contributed by atoms with Crippen LogP contribution in [0.5, 0.6) is 5.75 Å². The standard InChI is InChI=1S/C36H64O13/c1-35(2,3)31-36(4,5)32-6-8-33(9-7-32)49-29-28-47-25-24-45-21-20-43-17-16-41-13-12-39-10-11-40-14-15-42-18-19-44-22-23-46-26-27-48-30-34(37)38/h6-9H,10-31H2,1-5H3,(H,37,38). The van der Waals surface area contributed by atoms with Crippen LogP contribution in [0.1, 0.15) is 46.6 Å². The lowest BCUT2D eigenvalue weighted by Gasteiger charge is -2.33. The summed E-state index contributed by atoms with van der Waals surface area (Å²) in [5, 5.41) is 8.43. The van der Waals surface area contributed by atoms with E-state index in [-0.39, 0.29) is 24.0 Å². The number of ether oxygens (including phenoxy) is 11. The molecule has 0 heterocycles. The maximum atomic E-state index is 10.3. The molecule has 0 amide bonds. The molecule has 0 saturated carbocycles. The molecule has 0 aliphatic rings. The smallest absolute Gasteiger partial charge is 0.329 e. The van der Waals surface area contributed by atoms with Gasteiger partial charge in [-0.1, -0.05) is 46.8 Å². The van der Waals surface area contributed by atoms with Crippen molar-refractivity contribution in [3.8, 4) is 5.75 Å². The van der Waals surface area contributed by atoms with Gasteiger partial charge in [0.2, 0.25) is 0 Å². The SMILES string of the molecule is CC(C)(C)CC(C)(C)c1ccc(OCCOCCOCCOCCOCCOCCOCCOCCOCCOCCOCC(=O)O)cc1. The van der Waals surface area contributed by atoms with Crippen LogP contribution in [-0.2, 0) is 57.6 Å². The number of benzene rings is 1. The molecule has 0 atom stereocenters. The lowest BCUT2D eigenvalue weighted by Crippen LogP contribution is -2.24. The van der Waals surface area contributed by atoms with Crippen molar-refractivity contribution in [3.05, 3.63) is 29.8 Å². The monoisotopic (exact) mass is 704 g/mol. The fourth-order valence-electron chi connectivity index (χ4n) is 4.79. The Morgan fingerprint density at radius 1 is 0.469 bits per heavy atom. The zero-order chi connectivity index (χ0) is 35.9. The fourth-order valence-corrected chi connectivity index (χ4v) is 4.79. The summed E-state index contributed by atoms with van der Waals surface area (Å²) in [6.45, 7) is 20.4. The normalized spacial score (nSPS) is 12.1. The molecule has 0 aliphatic carbocycles. The molecule has 0 radical (unpaired) electrons. The van der Waals surface area contributed by atoms with Crippen LogP contribution in [0.2, 0.25) is 0 Å². The van der Waals surface area contributed by atoms with E-state index < -0.39 is 5.97 Å². The van der Waals surface area contributed by atoms with E-state index in [2.05, 4.69) is 46.8 Å². The Hall–Kier alpha value is -1.91. The van der Waals surface area contributed by atoms with E-state index in [0.29, 0.717) is 126 Å². The maximum Gasteiger partial charge on any atom is 0.329 e. The van der Waals surface area contributed by atoms with E-state index in [1.165, 1.54) is 5.56 Å². The van der Waals surface area contributed by atoms with Crippen LogP contribution < -0.4 is 4.74 Å². The van der Waals surface area contributed by atoms with E-state index in [0.717, 1.165) is 12.2 Å². The first-order valence-corrected chi connectivity index (χ1v) is 17.3. The van der Waals surface area contributed by atoms with Crippen LogP contribution in [0.4, 0.5) is 0 Å². The Bertz CT molecular complexity index is 890. The summed E-state index contributed by atoms with van der Waals surface area (Å²) in [6, 6.07) is 8.40. The van der Waals surface area contributed by atoms with Gasteiger partial charge >= 0.3 is 5.97 Å². The third kappa shape index (κ3) is 29.5. The van der Waals surface area contributed by atoms with Crippen molar-refractivity contribution in [3.63, 3.8) is 0 Å². The molecular weight excluding hydrogens is 640 g/mol. The molecule has 1 rings (SSSR count). The first-order chi connectivity index (χ1) is 23.6. The van der Waals surface area contributed by atoms with Gasteiger partial charge in [-0.25, -0.2) is 4.79 Å². The second kappa shape index (κ2) is 29.8. The third-order valence-corrected chi connectivity index (χ3v) is 6.68. The molecule has 0 spiro atoms. The van der Waals surface area contributed by atoms with Crippen LogP contribution in [-0.4, -0.2) is 150 Å². The summed E-state index contributed by atoms with van der Waals surface area (Å²) in [6.07, 6.45) is 1.11. The third-order valence-electron chi connectivity index (χ3n) is 6.68. The molecule has 13 heteroatoms. The van der Waals surface area contributed by atoms with Gasteiger partial charge in [-0.15, -0.1) is 0 Å². The number of hydrogen-bond acceptors (Lipinski definition) is 12. The minimum absolute atomic E-state index is 0.119. The summed E-state index contributed by atoms with van der Waals surface area (Å²) in [5.41, 5.74) is 1.72. The van der Waals surface area contributed by atoms with Crippen molar-refractivity contribution in [1.82, 2.24) is 0 Å². The van der Waals surface area contributed by atoms with Crippen molar-refractivity contribution < 1.29 is 62.0 Å². The van der Waals surface area contributed by atoms with E-state index in [9.17, 15) is 4.79 Å². The Kier molecular flexibility index (Phi) is 27.4. The second-order valence-corrected chi connectivity index (χ2v) is 13.0. The molecule has 0 aromatic heterocycles. The largest absolute Gasteiger partial charge is 0.491 e. The quantitative estimate of drug-likeness (QED) is 0.102. The first-order valence-electron chi connectivity index (χ1n) is 17.3. The highest BCUT2D eigenvalue weighted by atomic mass is 16.6. The van der Waals surface area contributed by atoms with Crippen molar-refractivity contribution in [2.75, 3.05) is 139 Å². The molecule has 0 bridgehead atoms. The molecule has 286 valence electrons. The predicted octanol–water partition coefficient (Wildman–Crippen LogP) is 4.03. The van der Waals surface area contributed by atoms with Gasteiger partial charge in [0, 0.05) is 0 Å². The summed E-state index contributed by atoms with van der Waals surface area (Å²) in [7, 11) is 0. The minimum atomic E-state index is -0.995. The Morgan fingerprint density at radius 2 is 0.755 bits per heavy atom. The molecule has 1 aromatic rings. The van der Waals surface area contributed by atoms with Gasteiger partial charge in [-0.05, 0) is 34.9 Å². The highest BCUT2D eigenvalue weighted by Crippen LogP contribution is 2.36. The second-order valence-electron chi connectivity index (χ2n) is 13.0. The molecule has 0 fully saturated rings. The van der Waals surface area contributed by atoms with Gasteiger partial charge in [0.15, 0.2) is 0 Å². The van der Waals surface area contributed by atoms with Gasteiger partial charge in [0.25, 0.3) is 0 Å². The van der Waals surface area contributed by atoms with Gasteiger partial charge in [-0.3, -0.25) is 0 Å². The van der Waals surface area contributed by atoms with E-state index in [1.54, 1.807) is 0 Å². The van der Waals surface area contributed by atoms with Crippen LogP contribution in [0.25, 0.3) is 0 Å². The molecule has 13 nitrogen and oxygen atoms in total. The van der Waals surface area contributed by atoms with Gasteiger partial charge in [0.05, 0.1) is 126 Å². The summed E-state index contributed by atoms with van der Waals surface area (Å²) < 4.78 is 59.8. The van der Waals surface area contributed by atoms with Crippen molar-refractivity contribution in [1.29, 1.82) is 0 Å². The number of carboxylic acid groups (broad SMARTS) is 1. The molecule has 1 N–H and O–H groups in total. The topological polar surface area (TPSA) is 139 Å². The Labute approximate surface area is 294 Å². The van der Waals surface area contributed by atoms with Crippen LogP contribution >= 0.6 is 0 Å². The Morgan fingerprint density at radius 3 is 1.04 bits per heavy atom. The van der Waals surface area contributed by atoms with Crippen molar-refractivity contribution in [2.45, 2.75) is 46.5 Å². The maximum absolute atomic E-state index is 10.3. The lowest BCUT2D eigenvalue weighted by molar-refractivity contribution is -0.142. The van der Waals surface area contributed by atoms with E-state index in [1.807, 2.05) is 12.1 Å². The summed E-state index contributed by atoms with van der Waals surface area (Å²) in [4.78, 5) is 10.3. The van der Waals surface area contributed by atoms with Gasteiger partial charge in [0.1, 0.15) is 19.0 Å². The van der Waals surface area contributed by atoms with Crippen LogP contribution in [0, 0.1) is 5.41 Å². The van der Waals surface area contributed by atoms with Gasteiger partial charge in [-0.2, -0.15) is 0 Å². The molecule has 49 heavy (non-hydrogen) atoms. The van der Waals surface area contributed by atoms with Crippen LogP contribution in [0.3, 0.4) is 0 Å². The van der Waals surface area contributed by atoms with Gasteiger partial charge < -0.3 is 57.2 Å². The molecular formula is C36H64O13. The zero-order valence-electron chi connectivity index (χ0n) is 30.7. The molecule has 0 saturated heterocycles. The molecule has 0 unspecified atom stereocenters. The van der Waals surface area contributed by atoms with E-state index in [4.69, 9.17) is 57.2 Å². The fraction of sp³-hybridized carbons (Fsp3) is 0.806. The summed E-state index contributed by atoms with van der Waals surface area (Å²) >= 11 is 0. The summed E-state index contributed by atoms with van der Waals surface area (Å²) in [5.74, 6) is -0.140. The highest BCUT2D eigenvalue weighted by molar-refractivity contribution is 5.67. The van der Waals surface area contributed by atoms with Crippen LogP contribution in [0.15, 0.2) is 24.3 Å². The first kappa shape index (κ1) is 45.1. The predicted molar refractivity (Wildman–Crippen MR) is 185 cm³/mol. The average Bonchev–Trinajstić information content (AvgIpc) is 3.04. The van der Waals surface area contributed by atoms with Crippen molar-refractivity contribution >= 4 is 5.97 Å². The number of carbonyl (C=O) groups is 1. The lowest BCUT2D eigenvalue weighted by atomic mass is 9.72. The number of carboxylic acids is 1. The molecule has 1 aromatic carbocycles. The highest BCUT2D eigenvalue weighted by Gasteiger charge is 2.27. The minimum Gasteiger partial charge on any atom is -0.491 e.